The fourth-order valence-electron chi connectivity index (χ4n) is 3.45. The van der Waals surface area contributed by atoms with Gasteiger partial charge in [-0.1, -0.05) is 18.2 Å². The summed E-state index contributed by atoms with van der Waals surface area (Å²) < 4.78 is 27.4. The molecule has 1 fully saturated rings. The van der Waals surface area contributed by atoms with Crippen LogP contribution >= 0.6 is 0 Å². The average Bonchev–Trinajstić information content (AvgIpc) is 3.19. The van der Waals surface area contributed by atoms with Gasteiger partial charge in [0, 0.05) is 43.5 Å². The lowest BCUT2D eigenvalue weighted by atomic mass is 10.2. The number of nitrogens with zero attached hydrogens (tertiary/aromatic N) is 2. The van der Waals surface area contributed by atoms with Gasteiger partial charge in [-0.2, -0.15) is 4.31 Å². The van der Waals surface area contributed by atoms with E-state index in [4.69, 9.17) is 0 Å². The highest BCUT2D eigenvalue weighted by atomic mass is 32.2. The summed E-state index contributed by atoms with van der Waals surface area (Å²) in [7, 11) is -3.57. The number of anilines is 1. The fourth-order valence-corrected chi connectivity index (χ4v) is 4.95. The van der Waals surface area contributed by atoms with Crippen molar-refractivity contribution in [3.8, 4) is 0 Å². The molecule has 1 heterocycles. The first-order valence-corrected chi connectivity index (χ1v) is 11.1. The molecular formula is C21H27N3O3S. The Hall–Kier alpha value is -2.38. The summed E-state index contributed by atoms with van der Waals surface area (Å²) in [5.41, 5.74) is 1.50. The SMILES string of the molecule is CCN(CC)C(=O)c1ccc(S(=O)(=O)N2CCC(Nc3ccccc3)C2)cc1. The molecular weight excluding hydrogens is 374 g/mol. The molecule has 1 saturated heterocycles. The van der Waals surface area contributed by atoms with Gasteiger partial charge in [0.2, 0.25) is 10.0 Å². The van der Waals surface area contributed by atoms with Gasteiger partial charge in [-0.3, -0.25) is 4.79 Å². The molecule has 2 aromatic rings. The van der Waals surface area contributed by atoms with E-state index in [9.17, 15) is 13.2 Å². The number of amides is 1. The molecule has 28 heavy (non-hydrogen) atoms. The molecule has 1 amide bonds. The van der Waals surface area contributed by atoms with Gasteiger partial charge in [-0.15, -0.1) is 0 Å². The molecule has 0 aliphatic carbocycles. The molecule has 1 N–H and O–H groups in total. The molecule has 0 radical (unpaired) electrons. The first kappa shape index (κ1) is 20.4. The number of rotatable bonds is 7. The lowest BCUT2D eigenvalue weighted by molar-refractivity contribution is 0.0773. The fraction of sp³-hybridized carbons (Fsp3) is 0.381. The van der Waals surface area contributed by atoms with E-state index in [-0.39, 0.29) is 16.8 Å². The van der Waals surface area contributed by atoms with Crippen molar-refractivity contribution in [3.05, 3.63) is 60.2 Å². The van der Waals surface area contributed by atoms with Gasteiger partial charge in [-0.25, -0.2) is 8.42 Å². The van der Waals surface area contributed by atoms with Crippen molar-refractivity contribution in [2.24, 2.45) is 0 Å². The molecule has 1 aliphatic heterocycles. The number of carbonyl (C=O) groups is 1. The summed E-state index contributed by atoms with van der Waals surface area (Å²) in [6, 6.07) is 16.2. The first-order valence-electron chi connectivity index (χ1n) is 9.66. The number of hydrogen-bond acceptors (Lipinski definition) is 4. The van der Waals surface area contributed by atoms with Crippen molar-refractivity contribution < 1.29 is 13.2 Å². The summed E-state index contributed by atoms with van der Waals surface area (Å²) in [5.74, 6) is -0.0813. The topological polar surface area (TPSA) is 69.7 Å². The lowest BCUT2D eigenvalue weighted by Crippen LogP contribution is -2.32. The summed E-state index contributed by atoms with van der Waals surface area (Å²) in [5, 5.41) is 3.39. The van der Waals surface area contributed by atoms with Gasteiger partial charge in [0.1, 0.15) is 0 Å². The molecule has 3 rings (SSSR count). The Kier molecular flexibility index (Phi) is 6.36. The van der Waals surface area contributed by atoms with Crippen molar-refractivity contribution in [2.45, 2.75) is 31.2 Å². The molecule has 150 valence electrons. The van der Waals surface area contributed by atoms with Crippen molar-refractivity contribution in [2.75, 3.05) is 31.5 Å². The van der Waals surface area contributed by atoms with Crippen LogP contribution in [0.25, 0.3) is 0 Å². The third kappa shape index (κ3) is 4.36. The summed E-state index contributed by atoms with van der Waals surface area (Å²) in [6.07, 6.45) is 0.757. The Morgan fingerprint density at radius 2 is 1.71 bits per heavy atom. The number of para-hydroxylation sites is 1. The van der Waals surface area contributed by atoms with Crippen LogP contribution in [0, 0.1) is 0 Å². The Labute approximate surface area is 167 Å². The van der Waals surface area contributed by atoms with Gasteiger partial charge in [0.25, 0.3) is 5.91 Å². The van der Waals surface area contributed by atoms with Crippen molar-refractivity contribution in [1.82, 2.24) is 9.21 Å². The highest BCUT2D eigenvalue weighted by Gasteiger charge is 2.32. The Balaban J connectivity index is 1.68. The molecule has 0 bridgehead atoms. The Morgan fingerprint density at radius 1 is 1.07 bits per heavy atom. The Bertz CT molecular complexity index is 894. The maximum absolute atomic E-state index is 13.0. The second-order valence-electron chi connectivity index (χ2n) is 6.86. The maximum Gasteiger partial charge on any atom is 0.253 e. The average molecular weight is 402 g/mol. The quantitative estimate of drug-likeness (QED) is 0.774. The van der Waals surface area contributed by atoms with Crippen LogP contribution in [-0.2, 0) is 10.0 Å². The van der Waals surface area contributed by atoms with Gasteiger partial charge in [-0.05, 0) is 56.7 Å². The normalized spacial score (nSPS) is 17.4. The largest absolute Gasteiger partial charge is 0.381 e. The highest BCUT2D eigenvalue weighted by Crippen LogP contribution is 2.23. The summed E-state index contributed by atoms with van der Waals surface area (Å²) in [6.45, 7) is 6.00. The van der Waals surface area contributed by atoms with Crippen LogP contribution in [0.15, 0.2) is 59.5 Å². The van der Waals surface area contributed by atoms with Crippen LogP contribution in [0.5, 0.6) is 0 Å². The van der Waals surface area contributed by atoms with Gasteiger partial charge >= 0.3 is 0 Å². The zero-order chi connectivity index (χ0) is 20.1. The molecule has 1 atom stereocenters. The molecule has 0 spiro atoms. The van der Waals surface area contributed by atoms with Crippen LogP contribution in [0.1, 0.15) is 30.6 Å². The summed E-state index contributed by atoms with van der Waals surface area (Å²) >= 11 is 0. The second-order valence-corrected chi connectivity index (χ2v) is 8.80. The van der Waals surface area contributed by atoms with Gasteiger partial charge < -0.3 is 10.2 Å². The van der Waals surface area contributed by atoms with Crippen LogP contribution in [-0.4, -0.2) is 55.8 Å². The highest BCUT2D eigenvalue weighted by molar-refractivity contribution is 7.89. The maximum atomic E-state index is 13.0. The number of benzene rings is 2. The smallest absolute Gasteiger partial charge is 0.253 e. The third-order valence-electron chi connectivity index (χ3n) is 5.09. The zero-order valence-electron chi connectivity index (χ0n) is 16.3. The monoisotopic (exact) mass is 401 g/mol. The van der Waals surface area contributed by atoms with E-state index in [1.165, 1.54) is 16.4 Å². The van der Waals surface area contributed by atoms with E-state index in [0.29, 0.717) is 31.7 Å². The number of sulfonamides is 1. The van der Waals surface area contributed by atoms with Crippen LogP contribution in [0.2, 0.25) is 0 Å². The van der Waals surface area contributed by atoms with E-state index in [2.05, 4.69) is 5.32 Å². The van der Waals surface area contributed by atoms with Crippen molar-refractivity contribution in [1.29, 1.82) is 0 Å². The molecule has 1 unspecified atom stereocenters. The number of nitrogens with one attached hydrogen (secondary N) is 1. The second kappa shape index (κ2) is 8.75. The summed E-state index contributed by atoms with van der Waals surface area (Å²) in [4.78, 5) is 14.3. The lowest BCUT2D eigenvalue weighted by Gasteiger charge is -2.20. The first-order chi connectivity index (χ1) is 13.5. The minimum Gasteiger partial charge on any atom is -0.381 e. The minimum absolute atomic E-state index is 0.0813. The molecule has 7 heteroatoms. The van der Waals surface area contributed by atoms with E-state index >= 15 is 0 Å². The third-order valence-corrected chi connectivity index (χ3v) is 6.96. The van der Waals surface area contributed by atoms with Gasteiger partial charge in [0.15, 0.2) is 0 Å². The molecule has 0 aromatic heterocycles. The van der Waals surface area contributed by atoms with Crippen molar-refractivity contribution in [3.63, 3.8) is 0 Å². The number of carbonyl (C=O) groups excluding carboxylic acids is 1. The standard InChI is InChI=1S/C21H27N3O3S/c1-3-23(4-2)21(25)17-10-12-20(13-11-17)28(26,27)24-15-14-19(16-24)22-18-8-6-5-7-9-18/h5-13,19,22H,3-4,14-16H2,1-2H3. The van der Waals surface area contributed by atoms with Crippen LogP contribution < -0.4 is 5.32 Å². The van der Waals surface area contributed by atoms with E-state index in [1.807, 2.05) is 44.2 Å². The predicted molar refractivity (Wildman–Crippen MR) is 111 cm³/mol. The number of hydrogen-bond donors (Lipinski definition) is 1. The van der Waals surface area contributed by atoms with Gasteiger partial charge in [0.05, 0.1) is 4.90 Å². The van der Waals surface area contributed by atoms with E-state index in [0.717, 1.165) is 12.1 Å². The molecule has 6 nitrogen and oxygen atoms in total. The minimum atomic E-state index is -3.57. The van der Waals surface area contributed by atoms with Crippen LogP contribution in [0.3, 0.4) is 0 Å². The zero-order valence-corrected chi connectivity index (χ0v) is 17.2. The Morgan fingerprint density at radius 3 is 2.32 bits per heavy atom. The van der Waals surface area contributed by atoms with E-state index < -0.39 is 10.0 Å². The van der Waals surface area contributed by atoms with Crippen LogP contribution in [0.4, 0.5) is 5.69 Å². The molecule has 1 aliphatic rings. The molecule has 2 aromatic carbocycles. The van der Waals surface area contributed by atoms with E-state index in [1.54, 1.807) is 17.0 Å². The predicted octanol–water partition coefficient (Wildman–Crippen LogP) is 3.04. The van der Waals surface area contributed by atoms with Crippen molar-refractivity contribution >= 4 is 21.6 Å². The molecule has 0 saturated carbocycles.